The first-order valence-corrected chi connectivity index (χ1v) is 8.95. The number of carbonyl (C=O) groups excluding carboxylic acids is 1. The minimum atomic E-state index is -0.315. The fourth-order valence-electron chi connectivity index (χ4n) is 2.62. The van der Waals surface area contributed by atoms with E-state index in [0.29, 0.717) is 10.9 Å². The summed E-state index contributed by atoms with van der Waals surface area (Å²) in [4.78, 5) is 21.3. The van der Waals surface area contributed by atoms with Gasteiger partial charge in [-0.05, 0) is 37.0 Å². The number of hydrogen-bond acceptors (Lipinski definition) is 4. The lowest BCUT2D eigenvalue weighted by atomic mass is 9.89. The Morgan fingerprint density at radius 3 is 2.70 bits per heavy atom. The molecular weight excluding hydrogens is 304 g/mol. The van der Waals surface area contributed by atoms with Crippen LogP contribution in [0.5, 0.6) is 0 Å². The molecule has 23 heavy (non-hydrogen) atoms. The molecule has 1 aliphatic carbocycles. The van der Waals surface area contributed by atoms with E-state index in [1.807, 2.05) is 27.0 Å². The van der Waals surface area contributed by atoms with Gasteiger partial charge in [-0.15, -0.1) is 0 Å². The molecule has 0 radical (unpaired) electrons. The minimum absolute atomic E-state index is 0.222. The summed E-state index contributed by atoms with van der Waals surface area (Å²) < 4.78 is 0. The van der Waals surface area contributed by atoms with Crippen molar-refractivity contribution in [2.75, 3.05) is 5.75 Å². The lowest BCUT2D eigenvalue weighted by Crippen LogP contribution is -2.22. The molecule has 4 heteroatoms. The van der Waals surface area contributed by atoms with Crippen molar-refractivity contribution in [2.24, 2.45) is 5.41 Å². The number of nitrogens with zero attached hydrogens (tertiary/aromatic N) is 2. The molecule has 2 aromatic rings. The first kappa shape index (κ1) is 16.2. The third kappa shape index (κ3) is 3.47. The number of hydrogen-bond donors (Lipinski definition) is 0. The molecule has 0 spiro atoms. The second kappa shape index (κ2) is 6.08. The molecule has 1 aliphatic rings. The van der Waals surface area contributed by atoms with Crippen molar-refractivity contribution in [1.29, 1.82) is 0 Å². The third-order valence-electron chi connectivity index (χ3n) is 4.20. The molecule has 1 aromatic heterocycles. The maximum atomic E-state index is 12.1. The molecule has 0 atom stereocenters. The van der Waals surface area contributed by atoms with Crippen LogP contribution in [0.1, 0.15) is 37.5 Å². The summed E-state index contributed by atoms with van der Waals surface area (Å²) in [6, 6.07) is 6.56. The lowest BCUT2D eigenvalue weighted by Gasteiger charge is -2.20. The Morgan fingerprint density at radius 1 is 1.22 bits per heavy atom. The van der Waals surface area contributed by atoms with E-state index in [1.165, 1.54) is 34.0 Å². The molecule has 120 valence electrons. The molecule has 1 aromatic carbocycles. The number of fused-ring (bicyclic) bond motifs is 3. The quantitative estimate of drug-likeness (QED) is 0.624. The zero-order valence-electron chi connectivity index (χ0n) is 14.1. The largest absolute Gasteiger partial charge is 0.298 e. The lowest BCUT2D eigenvalue weighted by molar-refractivity contribution is -0.123. The first-order valence-electron chi connectivity index (χ1n) is 7.96. The zero-order valence-corrected chi connectivity index (χ0v) is 15.0. The van der Waals surface area contributed by atoms with E-state index in [1.54, 1.807) is 0 Å². The molecule has 0 fully saturated rings. The average Bonchev–Trinajstić information content (AvgIpc) is 2.51. The number of thioether (sulfide) groups is 1. The van der Waals surface area contributed by atoms with Gasteiger partial charge in [0.2, 0.25) is 0 Å². The predicted molar refractivity (Wildman–Crippen MR) is 94.8 cm³/mol. The maximum absolute atomic E-state index is 12.1. The number of carbonyl (C=O) groups is 1. The molecule has 3 nitrogen and oxygen atoms in total. The highest BCUT2D eigenvalue weighted by Gasteiger charge is 2.22. The SMILES string of the molecule is Cc1ccc2c(c1)-c1nc(SCC(=O)C(C)(C)C)ncc1CC2. The van der Waals surface area contributed by atoms with Crippen LogP contribution in [0.4, 0.5) is 0 Å². The van der Waals surface area contributed by atoms with Gasteiger partial charge in [0, 0.05) is 17.2 Å². The van der Waals surface area contributed by atoms with Crippen molar-refractivity contribution in [1.82, 2.24) is 9.97 Å². The molecule has 0 saturated heterocycles. The van der Waals surface area contributed by atoms with Gasteiger partial charge in [0.15, 0.2) is 5.16 Å². The summed E-state index contributed by atoms with van der Waals surface area (Å²) in [5, 5.41) is 0.690. The molecule has 0 N–H and O–H groups in total. The van der Waals surface area contributed by atoms with Crippen molar-refractivity contribution in [3.05, 3.63) is 41.1 Å². The van der Waals surface area contributed by atoms with Crippen LogP contribution in [0, 0.1) is 12.3 Å². The summed E-state index contributed by atoms with van der Waals surface area (Å²) in [5.74, 6) is 0.642. The molecule has 0 saturated carbocycles. The molecule has 0 aliphatic heterocycles. The number of aromatic nitrogens is 2. The van der Waals surface area contributed by atoms with E-state index in [9.17, 15) is 4.79 Å². The topological polar surface area (TPSA) is 42.9 Å². The van der Waals surface area contributed by atoms with Crippen molar-refractivity contribution >= 4 is 17.5 Å². The number of ketones is 1. The van der Waals surface area contributed by atoms with Gasteiger partial charge in [0.1, 0.15) is 5.78 Å². The van der Waals surface area contributed by atoms with Crippen LogP contribution in [0.25, 0.3) is 11.3 Å². The first-order chi connectivity index (χ1) is 10.8. The van der Waals surface area contributed by atoms with E-state index < -0.39 is 0 Å². The summed E-state index contributed by atoms with van der Waals surface area (Å²) in [6.07, 6.45) is 3.95. The molecule has 3 rings (SSSR count). The molecule has 0 unspecified atom stereocenters. The summed E-state index contributed by atoms with van der Waals surface area (Å²) in [6.45, 7) is 7.95. The van der Waals surface area contributed by atoms with Gasteiger partial charge >= 0.3 is 0 Å². The summed E-state index contributed by atoms with van der Waals surface area (Å²) >= 11 is 1.44. The highest BCUT2D eigenvalue weighted by molar-refractivity contribution is 7.99. The smallest absolute Gasteiger partial charge is 0.188 e. The minimum Gasteiger partial charge on any atom is -0.298 e. The molecule has 0 amide bonds. The monoisotopic (exact) mass is 326 g/mol. The standard InChI is InChI=1S/C19H22N2OS/c1-12-5-6-13-7-8-14-10-20-18(21-17(14)15(13)9-12)23-11-16(22)19(2,3)4/h5-6,9-10H,7-8,11H2,1-4H3. The van der Waals surface area contributed by atoms with Gasteiger partial charge < -0.3 is 0 Å². The fraction of sp³-hybridized carbons (Fsp3) is 0.421. The van der Waals surface area contributed by atoms with Crippen molar-refractivity contribution in [3.8, 4) is 11.3 Å². The Morgan fingerprint density at radius 2 is 1.96 bits per heavy atom. The Bertz CT molecular complexity index is 762. The van der Waals surface area contributed by atoms with E-state index >= 15 is 0 Å². The maximum Gasteiger partial charge on any atom is 0.188 e. The fourth-order valence-corrected chi connectivity index (χ4v) is 3.60. The van der Waals surface area contributed by atoms with Gasteiger partial charge in [-0.1, -0.05) is 50.2 Å². The van der Waals surface area contributed by atoms with Crippen molar-refractivity contribution in [3.63, 3.8) is 0 Å². The Balaban J connectivity index is 1.87. The van der Waals surface area contributed by atoms with E-state index in [0.717, 1.165) is 18.5 Å². The number of rotatable bonds is 3. The average molecular weight is 326 g/mol. The summed E-state index contributed by atoms with van der Waals surface area (Å²) in [5.41, 5.74) is 5.74. The second-order valence-electron chi connectivity index (χ2n) is 7.15. The van der Waals surface area contributed by atoms with E-state index in [4.69, 9.17) is 4.98 Å². The molecular formula is C19H22N2OS. The highest BCUT2D eigenvalue weighted by Crippen LogP contribution is 2.33. The van der Waals surface area contributed by atoms with Crippen LogP contribution >= 0.6 is 11.8 Å². The Kier molecular flexibility index (Phi) is 4.28. The van der Waals surface area contributed by atoms with Crippen LogP contribution in [-0.2, 0) is 17.6 Å². The zero-order chi connectivity index (χ0) is 16.6. The number of Topliss-reactive ketones (excluding diaryl/α,β-unsaturated/α-hetero) is 1. The van der Waals surface area contributed by atoms with Crippen molar-refractivity contribution < 1.29 is 4.79 Å². The third-order valence-corrected chi connectivity index (χ3v) is 5.06. The molecule has 1 heterocycles. The van der Waals surface area contributed by atoms with Gasteiger partial charge in [-0.2, -0.15) is 0 Å². The van der Waals surface area contributed by atoms with Crippen LogP contribution in [-0.4, -0.2) is 21.5 Å². The van der Waals surface area contributed by atoms with Crippen LogP contribution in [0.3, 0.4) is 0 Å². The number of benzene rings is 1. The normalized spacial score (nSPS) is 13.4. The predicted octanol–water partition coefficient (Wildman–Crippen LogP) is 4.26. The van der Waals surface area contributed by atoms with E-state index in [2.05, 4.69) is 30.1 Å². The van der Waals surface area contributed by atoms with Crippen molar-refractivity contribution in [2.45, 2.75) is 45.7 Å². The van der Waals surface area contributed by atoms with Crippen LogP contribution in [0.15, 0.2) is 29.6 Å². The number of aryl methyl sites for hydroxylation is 3. The van der Waals surface area contributed by atoms with Crippen LogP contribution in [0.2, 0.25) is 0 Å². The second-order valence-corrected chi connectivity index (χ2v) is 8.09. The Labute approximate surface area is 141 Å². The van der Waals surface area contributed by atoms with E-state index in [-0.39, 0.29) is 11.2 Å². The Hall–Kier alpha value is -1.68. The van der Waals surface area contributed by atoms with Gasteiger partial charge in [-0.3, -0.25) is 4.79 Å². The summed E-state index contributed by atoms with van der Waals surface area (Å²) in [7, 11) is 0. The molecule has 0 bridgehead atoms. The van der Waals surface area contributed by atoms with Gasteiger partial charge in [0.05, 0.1) is 11.4 Å². The van der Waals surface area contributed by atoms with Gasteiger partial charge in [0.25, 0.3) is 0 Å². The highest BCUT2D eigenvalue weighted by atomic mass is 32.2. The van der Waals surface area contributed by atoms with Gasteiger partial charge in [-0.25, -0.2) is 9.97 Å². The van der Waals surface area contributed by atoms with Crippen LogP contribution < -0.4 is 0 Å².